The minimum Gasteiger partial charge on any atom is -0.381 e. The zero-order chi connectivity index (χ0) is 29.7. The molecule has 0 saturated carbocycles. The van der Waals surface area contributed by atoms with Gasteiger partial charge < -0.3 is 19.5 Å². The van der Waals surface area contributed by atoms with E-state index in [0.29, 0.717) is 30.9 Å². The van der Waals surface area contributed by atoms with E-state index in [9.17, 15) is 13.6 Å². The van der Waals surface area contributed by atoms with Crippen molar-refractivity contribution in [3.05, 3.63) is 69.4 Å². The number of hydrogen-bond donors (Lipinski definition) is 1. The minimum absolute atomic E-state index is 0.00369. The average Bonchev–Trinajstić information content (AvgIpc) is 3.54. The van der Waals surface area contributed by atoms with Gasteiger partial charge in [0.2, 0.25) is 0 Å². The maximum absolute atomic E-state index is 14.8. The molecule has 0 aliphatic carbocycles. The molecule has 4 aromatic rings. The van der Waals surface area contributed by atoms with Crippen molar-refractivity contribution >= 4 is 22.4 Å². The molecule has 0 unspecified atom stereocenters. The van der Waals surface area contributed by atoms with Crippen LogP contribution in [-0.2, 0) is 18.2 Å². The topological polar surface area (TPSA) is 77.2 Å². The molecule has 43 heavy (non-hydrogen) atoms. The lowest BCUT2D eigenvalue weighted by molar-refractivity contribution is 0.0845. The molecule has 226 valence electrons. The van der Waals surface area contributed by atoms with Gasteiger partial charge in [0, 0.05) is 72.4 Å². The zero-order valence-electron chi connectivity index (χ0n) is 24.8. The quantitative estimate of drug-likeness (QED) is 0.311. The number of pyridine rings is 2. The van der Waals surface area contributed by atoms with Crippen LogP contribution in [0.2, 0.25) is 0 Å². The van der Waals surface area contributed by atoms with E-state index in [1.807, 2.05) is 36.0 Å². The summed E-state index contributed by atoms with van der Waals surface area (Å²) < 4.78 is 38.8. The fraction of sp³-hybridized carbons (Fsp3) is 0.485. The number of nitrogens with zero attached hydrogens (tertiary/aromatic N) is 5. The molecule has 1 aromatic carbocycles. The Kier molecular flexibility index (Phi) is 7.51. The number of piperidine rings is 1. The second-order valence-electron chi connectivity index (χ2n) is 12.2. The molecule has 6 heterocycles. The van der Waals surface area contributed by atoms with E-state index in [2.05, 4.69) is 15.3 Å². The molecule has 0 radical (unpaired) electrons. The number of aryl methyl sites for hydroxylation is 3. The highest BCUT2D eigenvalue weighted by atomic mass is 19.3. The summed E-state index contributed by atoms with van der Waals surface area (Å²) in [6.07, 6.45) is 6.33. The van der Waals surface area contributed by atoms with Crippen LogP contribution in [0.25, 0.3) is 22.0 Å². The fourth-order valence-electron chi connectivity index (χ4n) is 7.07. The van der Waals surface area contributed by atoms with E-state index in [1.165, 1.54) is 0 Å². The molecule has 10 heteroatoms. The van der Waals surface area contributed by atoms with Gasteiger partial charge in [-0.25, -0.2) is 13.8 Å². The van der Waals surface area contributed by atoms with Crippen LogP contribution in [0.5, 0.6) is 0 Å². The molecule has 3 aromatic heterocycles. The summed E-state index contributed by atoms with van der Waals surface area (Å²) in [6.45, 7) is 5.69. The van der Waals surface area contributed by atoms with Crippen molar-refractivity contribution in [2.75, 3.05) is 37.7 Å². The fourth-order valence-corrected chi connectivity index (χ4v) is 7.07. The predicted octanol–water partition coefficient (Wildman–Crippen LogP) is 5.95. The second-order valence-corrected chi connectivity index (χ2v) is 12.2. The Labute approximate surface area is 249 Å². The first-order valence-corrected chi connectivity index (χ1v) is 15.5. The highest BCUT2D eigenvalue weighted by molar-refractivity contribution is 5.93. The first-order chi connectivity index (χ1) is 20.9. The number of alkyl halides is 2. The predicted molar refractivity (Wildman–Crippen MR) is 164 cm³/mol. The Balaban J connectivity index is 1.36. The Morgan fingerprint density at radius 3 is 2.63 bits per heavy atom. The van der Waals surface area contributed by atoms with Crippen LogP contribution in [0.4, 0.5) is 20.3 Å². The smallest absolute Gasteiger partial charge is 0.264 e. The van der Waals surface area contributed by atoms with Crippen LogP contribution in [0.15, 0.2) is 41.5 Å². The molecule has 3 aliphatic rings. The molecule has 3 aliphatic heterocycles. The number of anilines is 2. The van der Waals surface area contributed by atoms with Crippen molar-refractivity contribution in [3.63, 3.8) is 0 Å². The molecular formula is C33H38F2N6O2. The van der Waals surface area contributed by atoms with Crippen molar-refractivity contribution in [1.82, 2.24) is 24.6 Å². The lowest BCUT2D eigenvalue weighted by Gasteiger charge is -2.33. The monoisotopic (exact) mass is 588 g/mol. The molecule has 0 atom stereocenters. The number of hydrogen-bond acceptors (Lipinski definition) is 6. The van der Waals surface area contributed by atoms with Crippen LogP contribution >= 0.6 is 0 Å². The summed E-state index contributed by atoms with van der Waals surface area (Å²) in [5.41, 5.74) is 5.38. The number of benzene rings is 1. The van der Waals surface area contributed by atoms with E-state index >= 15 is 0 Å². The Morgan fingerprint density at radius 1 is 1.07 bits per heavy atom. The molecular weight excluding hydrogens is 550 g/mol. The van der Waals surface area contributed by atoms with Crippen LogP contribution < -0.4 is 15.8 Å². The van der Waals surface area contributed by atoms with Gasteiger partial charge in [0.05, 0.1) is 17.8 Å². The number of halogens is 2. The lowest BCUT2D eigenvalue weighted by Crippen LogP contribution is -2.29. The first kappa shape index (κ1) is 28.2. The molecule has 7 rings (SSSR count). The van der Waals surface area contributed by atoms with Crippen LogP contribution in [0.3, 0.4) is 0 Å². The third-order valence-corrected chi connectivity index (χ3v) is 9.50. The lowest BCUT2D eigenvalue weighted by atomic mass is 9.92. The highest BCUT2D eigenvalue weighted by Gasteiger charge is 2.29. The Hall–Kier alpha value is -3.63. The van der Waals surface area contributed by atoms with Crippen LogP contribution in [-0.4, -0.2) is 52.2 Å². The third-order valence-electron chi connectivity index (χ3n) is 9.50. The van der Waals surface area contributed by atoms with Crippen molar-refractivity contribution in [2.45, 2.75) is 63.8 Å². The Morgan fingerprint density at radius 2 is 1.86 bits per heavy atom. The molecule has 0 bridgehead atoms. The summed E-state index contributed by atoms with van der Waals surface area (Å²) in [4.78, 5) is 20.3. The number of aromatic nitrogens is 4. The molecule has 2 fully saturated rings. The average molecular weight is 589 g/mol. The molecule has 1 N–H and O–H groups in total. The summed E-state index contributed by atoms with van der Waals surface area (Å²) >= 11 is 0. The number of fused-ring (bicyclic) bond motifs is 2. The number of nitrogens with one attached hydrogen (secondary N) is 1. The van der Waals surface area contributed by atoms with Gasteiger partial charge >= 0.3 is 0 Å². The van der Waals surface area contributed by atoms with E-state index in [1.54, 1.807) is 23.9 Å². The van der Waals surface area contributed by atoms with Crippen molar-refractivity contribution < 1.29 is 13.5 Å². The Bertz CT molecular complexity index is 1720. The second kappa shape index (κ2) is 11.5. The largest absolute Gasteiger partial charge is 0.381 e. The highest BCUT2D eigenvalue weighted by Crippen LogP contribution is 2.43. The van der Waals surface area contributed by atoms with Crippen LogP contribution in [0.1, 0.15) is 72.9 Å². The number of rotatable bonds is 5. The van der Waals surface area contributed by atoms with Gasteiger partial charge in [-0.3, -0.25) is 9.48 Å². The van der Waals surface area contributed by atoms with Crippen LogP contribution in [0, 0.1) is 6.92 Å². The molecule has 2 saturated heterocycles. The summed E-state index contributed by atoms with van der Waals surface area (Å²) in [6, 6.07) is 7.83. The first-order valence-electron chi connectivity index (χ1n) is 15.5. The standard InChI is InChI=1S/C33H38F2N6O2/c1-20-14-27-30(39(2)33(20)42)17-28(21-7-12-43-13-8-21)38-32(27)40-11-3-4-22-15-25(26(31(34)35)16-29(22)40)23-18-37-41(19-23)24-5-9-36-10-6-24/h14-19,21,24,31,36H,3-13H2,1-2H3. The van der Waals surface area contributed by atoms with Gasteiger partial charge in [-0.1, -0.05) is 0 Å². The van der Waals surface area contributed by atoms with E-state index in [-0.39, 0.29) is 23.1 Å². The maximum atomic E-state index is 14.8. The molecule has 8 nitrogen and oxygen atoms in total. The van der Waals surface area contributed by atoms with E-state index < -0.39 is 6.43 Å². The number of ether oxygens (including phenoxy) is 1. The summed E-state index contributed by atoms with van der Waals surface area (Å²) in [5, 5.41) is 8.81. The van der Waals surface area contributed by atoms with E-state index in [4.69, 9.17) is 9.72 Å². The van der Waals surface area contributed by atoms with Crippen molar-refractivity contribution in [1.29, 1.82) is 0 Å². The van der Waals surface area contributed by atoms with Gasteiger partial charge in [0.1, 0.15) is 5.82 Å². The van der Waals surface area contributed by atoms with Crippen molar-refractivity contribution in [2.24, 2.45) is 7.05 Å². The maximum Gasteiger partial charge on any atom is 0.264 e. The van der Waals surface area contributed by atoms with Gasteiger partial charge in [-0.15, -0.1) is 0 Å². The SMILES string of the molecule is Cc1cc2c(N3CCCc4cc(-c5cnn(C6CCNCC6)c5)c(C(F)F)cc43)nc(C3CCOCC3)cc2n(C)c1=O. The minimum atomic E-state index is -2.65. The van der Waals surface area contributed by atoms with E-state index in [0.717, 1.165) is 90.8 Å². The normalized spacial score (nSPS) is 18.5. The van der Waals surface area contributed by atoms with Gasteiger partial charge in [0.15, 0.2) is 0 Å². The molecule has 0 amide bonds. The summed E-state index contributed by atoms with van der Waals surface area (Å²) in [5.74, 6) is 0.943. The molecule has 0 spiro atoms. The summed E-state index contributed by atoms with van der Waals surface area (Å²) in [7, 11) is 1.80. The van der Waals surface area contributed by atoms with Gasteiger partial charge in [-0.2, -0.15) is 5.10 Å². The van der Waals surface area contributed by atoms with Gasteiger partial charge in [0.25, 0.3) is 12.0 Å². The third kappa shape index (κ3) is 5.14. The van der Waals surface area contributed by atoms with Crippen molar-refractivity contribution in [3.8, 4) is 11.1 Å². The zero-order valence-corrected chi connectivity index (χ0v) is 24.8. The van der Waals surface area contributed by atoms with Gasteiger partial charge in [-0.05, 0) is 93.9 Å².